The lowest BCUT2D eigenvalue weighted by atomic mass is 9.94. The summed E-state index contributed by atoms with van der Waals surface area (Å²) in [7, 11) is 0. The number of para-hydroxylation sites is 2. The van der Waals surface area contributed by atoms with Gasteiger partial charge in [-0.1, -0.05) is 103 Å². The second-order valence-electron chi connectivity index (χ2n) is 10.8. The number of imidazole rings is 1. The van der Waals surface area contributed by atoms with Crippen molar-refractivity contribution in [3.05, 3.63) is 157 Å². The number of nitriles is 1. The Balaban J connectivity index is 1.22. The molecule has 0 radical (unpaired) electrons. The third-order valence-corrected chi connectivity index (χ3v) is 8.22. The molecular formula is C40H25N3. The minimum absolute atomic E-state index is 0.668. The topological polar surface area (TPSA) is 41.6 Å². The number of hydrogen-bond donors (Lipinski definition) is 0. The number of fused-ring (bicyclic) bond motifs is 3. The largest absolute Gasteiger partial charge is 0.292 e. The van der Waals surface area contributed by atoms with Gasteiger partial charge in [0.15, 0.2) is 0 Å². The van der Waals surface area contributed by atoms with Gasteiger partial charge in [-0.05, 0) is 92.3 Å². The molecule has 0 unspecified atom stereocenters. The Hall–Kier alpha value is -5.98. The lowest BCUT2D eigenvalue weighted by Gasteiger charge is -2.12. The van der Waals surface area contributed by atoms with E-state index in [-0.39, 0.29) is 0 Å². The van der Waals surface area contributed by atoms with Crippen molar-refractivity contribution < 1.29 is 0 Å². The molecule has 1 aromatic heterocycles. The average Bonchev–Trinajstić information content (AvgIpc) is 3.47. The fraction of sp³-hybridized carbons (Fsp3) is 0. The molecule has 200 valence electrons. The van der Waals surface area contributed by atoms with Crippen LogP contribution in [0.4, 0.5) is 0 Å². The van der Waals surface area contributed by atoms with Gasteiger partial charge < -0.3 is 0 Å². The highest BCUT2D eigenvalue weighted by molar-refractivity contribution is 6.00. The summed E-state index contributed by atoms with van der Waals surface area (Å²) in [5.41, 5.74) is 9.53. The van der Waals surface area contributed by atoms with E-state index >= 15 is 0 Å². The summed E-state index contributed by atoms with van der Waals surface area (Å²) in [6, 6.07) is 55.1. The van der Waals surface area contributed by atoms with Gasteiger partial charge in [0.2, 0.25) is 0 Å². The van der Waals surface area contributed by atoms with Crippen LogP contribution in [-0.4, -0.2) is 9.55 Å². The van der Waals surface area contributed by atoms with Crippen molar-refractivity contribution in [1.29, 1.82) is 5.26 Å². The minimum Gasteiger partial charge on any atom is -0.292 e. The van der Waals surface area contributed by atoms with Crippen LogP contribution in [-0.2, 0) is 0 Å². The van der Waals surface area contributed by atoms with Gasteiger partial charge in [0.1, 0.15) is 5.82 Å². The fourth-order valence-electron chi connectivity index (χ4n) is 6.05. The SMILES string of the molecule is N#Cc1ccc(-c2cccc3ccc(-c4ccc5cc(-n6c(-c7ccccc7)nc7ccccc76)ccc5c4)cc23)cc1. The molecule has 3 heteroatoms. The second kappa shape index (κ2) is 10.1. The van der Waals surface area contributed by atoms with Gasteiger partial charge in [-0.15, -0.1) is 0 Å². The van der Waals surface area contributed by atoms with Crippen molar-refractivity contribution in [1.82, 2.24) is 9.55 Å². The van der Waals surface area contributed by atoms with E-state index in [0.717, 1.165) is 39.2 Å². The monoisotopic (exact) mass is 547 g/mol. The highest BCUT2D eigenvalue weighted by Gasteiger charge is 2.15. The van der Waals surface area contributed by atoms with Crippen molar-refractivity contribution in [3.63, 3.8) is 0 Å². The molecule has 0 amide bonds. The number of benzene rings is 7. The number of aromatic nitrogens is 2. The van der Waals surface area contributed by atoms with Crippen LogP contribution in [0.15, 0.2) is 152 Å². The molecule has 7 aromatic carbocycles. The van der Waals surface area contributed by atoms with Crippen molar-refractivity contribution in [2.45, 2.75) is 0 Å². The lowest BCUT2D eigenvalue weighted by molar-refractivity contribution is 1.11. The van der Waals surface area contributed by atoms with E-state index in [2.05, 4.69) is 126 Å². The van der Waals surface area contributed by atoms with E-state index in [1.54, 1.807) is 0 Å². The first-order chi connectivity index (χ1) is 21.2. The van der Waals surface area contributed by atoms with Crippen LogP contribution in [0.3, 0.4) is 0 Å². The minimum atomic E-state index is 0.668. The Morgan fingerprint density at radius 1 is 0.512 bits per heavy atom. The maximum atomic E-state index is 9.22. The molecule has 1 heterocycles. The maximum absolute atomic E-state index is 9.22. The van der Waals surface area contributed by atoms with Crippen molar-refractivity contribution in [3.8, 4) is 45.4 Å². The molecule has 43 heavy (non-hydrogen) atoms. The predicted octanol–water partition coefficient (Wildman–Crippen LogP) is 10.2. The molecule has 0 saturated heterocycles. The zero-order chi connectivity index (χ0) is 28.8. The quantitative estimate of drug-likeness (QED) is 0.220. The smallest absolute Gasteiger partial charge is 0.145 e. The van der Waals surface area contributed by atoms with Crippen LogP contribution in [0.5, 0.6) is 0 Å². The standard InChI is InChI=1S/C40H25N3/c41-26-27-13-15-29(16-14-27)36-10-6-9-28-17-18-34(25-37(28)36)31-19-20-33-24-35(22-21-32(33)23-31)43-39-12-5-4-11-38(39)42-40(43)30-7-2-1-3-8-30/h1-25H. The molecule has 0 aliphatic rings. The summed E-state index contributed by atoms with van der Waals surface area (Å²) in [6.07, 6.45) is 0. The molecule has 0 atom stereocenters. The van der Waals surface area contributed by atoms with Crippen LogP contribution in [0.2, 0.25) is 0 Å². The Morgan fingerprint density at radius 3 is 2.05 bits per heavy atom. The van der Waals surface area contributed by atoms with Crippen LogP contribution in [0, 0.1) is 11.3 Å². The van der Waals surface area contributed by atoms with E-state index in [0.29, 0.717) is 5.56 Å². The molecular weight excluding hydrogens is 522 g/mol. The summed E-state index contributed by atoms with van der Waals surface area (Å²) in [5, 5.41) is 14.0. The Kier molecular flexibility index (Phi) is 5.84. The molecule has 8 aromatic rings. The lowest BCUT2D eigenvalue weighted by Crippen LogP contribution is -1.97. The molecule has 0 spiro atoms. The van der Waals surface area contributed by atoms with Gasteiger partial charge in [-0.25, -0.2) is 4.98 Å². The van der Waals surface area contributed by atoms with E-state index in [1.165, 1.54) is 32.7 Å². The third-order valence-electron chi connectivity index (χ3n) is 8.22. The highest BCUT2D eigenvalue weighted by atomic mass is 15.1. The molecule has 0 fully saturated rings. The van der Waals surface area contributed by atoms with Crippen molar-refractivity contribution in [2.24, 2.45) is 0 Å². The highest BCUT2D eigenvalue weighted by Crippen LogP contribution is 2.35. The summed E-state index contributed by atoms with van der Waals surface area (Å²) in [4.78, 5) is 5.00. The van der Waals surface area contributed by atoms with Gasteiger partial charge in [-0.2, -0.15) is 5.26 Å². The van der Waals surface area contributed by atoms with Gasteiger partial charge in [0, 0.05) is 11.3 Å². The summed E-state index contributed by atoms with van der Waals surface area (Å²) in [6.45, 7) is 0. The van der Waals surface area contributed by atoms with Crippen molar-refractivity contribution >= 4 is 32.6 Å². The van der Waals surface area contributed by atoms with Crippen LogP contribution in [0.25, 0.3) is 71.9 Å². The molecule has 0 saturated carbocycles. The first-order valence-electron chi connectivity index (χ1n) is 14.4. The van der Waals surface area contributed by atoms with E-state index in [9.17, 15) is 5.26 Å². The first kappa shape index (κ1) is 24.8. The van der Waals surface area contributed by atoms with Gasteiger partial charge >= 0.3 is 0 Å². The predicted molar refractivity (Wildman–Crippen MR) is 177 cm³/mol. The second-order valence-corrected chi connectivity index (χ2v) is 10.8. The van der Waals surface area contributed by atoms with Crippen LogP contribution < -0.4 is 0 Å². The first-order valence-corrected chi connectivity index (χ1v) is 14.4. The third kappa shape index (κ3) is 4.34. The molecule has 0 bridgehead atoms. The zero-order valence-corrected chi connectivity index (χ0v) is 23.3. The fourth-order valence-corrected chi connectivity index (χ4v) is 6.05. The van der Waals surface area contributed by atoms with Crippen molar-refractivity contribution in [2.75, 3.05) is 0 Å². The number of hydrogen-bond acceptors (Lipinski definition) is 2. The molecule has 0 aliphatic carbocycles. The normalized spacial score (nSPS) is 11.2. The summed E-state index contributed by atoms with van der Waals surface area (Å²) < 4.78 is 2.26. The molecule has 3 nitrogen and oxygen atoms in total. The molecule has 0 aliphatic heterocycles. The summed E-state index contributed by atoms with van der Waals surface area (Å²) >= 11 is 0. The Labute approximate surface area is 249 Å². The van der Waals surface area contributed by atoms with Gasteiger partial charge in [0.05, 0.1) is 22.7 Å². The zero-order valence-electron chi connectivity index (χ0n) is 23.3. The Bertz CT molecular complexity index is 2340. The molecule has 8 rings (SSSR count). The van der Waals surface area contributed by atoms with Gasteiger partial charge in [-0.3, -0.25) is 4.57 Å². The van der Waals surface area contributed by atoms with Crippen LogP contribution >= 0.6 is 0 Å². The van der Waals surface area contributed by atoms with E-state index in [4.69, 9.17) is 4.98 Å². The van der Waals surface area contributed by atoms with E-state index in [1.807, 2.05) is 36.4 Å². The average molecular weight is 548 g/mol. The summed E-state index contributed by atoms with van der Waals surface area (Å²) in [5.74, 6) is 0.937. The van der Waals surface area contributed by atoms with Crippen LogP contribution in [0.1, 0.15) is 5.56 Å². The molecule has 0 N–H and O–H groups in total. The maximum Gasteiger partial charge on any atom is 0.145 e. The Morgan fingerprint density at radius 2 is 1.21 bits per heavy atom. The number of nitrogens with zero attached hydrogens (tertiary/aromatic N) is 3. The van der Waals surface area contributed by atoms with Gasteiger partial charge in [0.25, 0.3) is 0 Å². The van der Waals surface area contributed by atoms with E-state index < -0.39 is 0 Å². The number of rotatable bonds is 4.